The SMILES string of the molecule is Cc1ccn(Cc2cc(F)cc(C(=O)O)c2)c(=O)c1. The number of hydrogen-bond donors (Lipinski definition) is 1. The van der Waals surface area contributed by atoms with E-state index >= 15 is 0 Å². The van der Waals surface area contributed by atoms with Crippen LogP contribution in [0, 0.1) is 12.7 Å². The van der Waals surface area contributed by atoms with Gasteiger partial charge in [-0.05, 0) is 42.3 Å². The Balaban J connectivity index is 2.38. The molecule has 0 radical (unpaired) electrons. The number of aryl methyl sites for hydroxylation is 1. The molecule has 98 valence electrons. The minimum Gasteiger partial charge on any atom is -0.478 e. The zero-order chi connectivity index (χ0) is 14.0. The molecular formula is C14H12FNO3. The highest BCUT2D eigenvalue weighted by molar-refractivity contribution is 5.87. The van der Waals surface area contributed by atoms with Crippen molar-refractivity contribution in [3.63, 3.8) is 0 Å². The molecule has 0 unspecified atom stereocenters. The number of carboxylic acids is 1. The summed E-state index contributed by atoms with van der Waals surface area (Å²) in [7, 11) is 0. The van der Waals surface area contributed by atoms with Crippen LogP contribution in [0.4, 0.5) is 4.39 Å². The Morgan fingerprint density at radius 1 is 1.32 bits per heavy atom. The fourth-order valence-corrected chi connectivity index (χ4v) is 1.80. The number of nitrogens with zero attached hydrogens (tertiary/aromatic N) is 1. The van der Waals surface area contributed by atoms with Gasteiger partial charge in [0, 0.05) is 12.3 Å². The second-order valence-corrected chi connectivity index (χ2v) is 4.32. The summed E-state index contributed by atoms with van der Waals surface area (Å²) in [4.78, 5) is 22.5. The van der Waals surface area contributed by atoms with Crippen molar-refractivity contribution < 1.29 is 14.3 Å². The van der Waals surface area contributed by atoms with E-state index in [4.69, 9.17) is 5.11 Å². The van der Waals surface area contributed by atoms with E-state index in [1.54, 1.807) is 19.2 Å². The molecule has 1 aromatic heterocycles. The molecule has 0 aliphatic heterocycles. The van der Waals surface area contributed by atoms with Crippen molar-refractivity contribution >= 4 is 5.97 Å². The van der Waals surface area contributed by atoms with Gasteiger partial charge in [0.1, 0.15) is 5.82 Å². The molecule has 1 aromatic carbocycles. The quantitative estimate of drug-likeness (QED) is 0.919. The van der Waals surface area contributed by atoms with Gasteiger partial charge < -0.3 is 9.67 Å². The van der Waals surface area contributed by atoms with Crippen molar-refractivity contribution in [1.29, 1.82) is 0 Å². The van der Waals surface area contributed by atoms with Gasteiger partial charge in [0.2, 0.25) is 0 Å². The molecule has 19 heavy (non-hydrogen) atoms. The van der Waals surface area contributed by atoms with E-state index in [1.165, 1.54) is 22.8 Å². The van der Waals surface area contributed by atoms with Crippen molar-refractivity contribution in [2.24, 2.45) is 0 Å². The maximum atomic E-state index is 13.3. The maximum Gasteiger partial charge on any atom is 0.335 e. The molecule has 0 aliphatic carbocycles. The van der Waals surface area contributed by atoms with Crippen molar-refractivity contribution in [3.8, 4) is 0 Å². The van der Waals surface area contributed by atoms with Gasteiger partial charge in [-0.15, -0.1) is 0 Å². The Morgan fingerprint density at radius 3 is 2.68 bits per heavy atom. The Morgan fingerprint density at radius 2 is 2.05 bits per heavy atom. The molecule has 0 fully saturated rings. The third-order valence-electron chi connectivity index (χ3n) is 2.71. The smallest absolute Gasteiger partial charge is 0.335 e. The van der Waals surface area contributed by atoms with E-state index < -0.39 is 11.8 Å². The van der Waals surface area contributed by atoms with Crippen molar-refractivity contribution in [3.05, 3.63) is 69.4 Å². The van der Waals surface area contributed by atoms with E-state index in [9.17, 15) is 14.0 Å². The van der Waals surface area contributed by atoms with Crippen LogP contribution in [-0.4, -0.2) is 15.6 Å². The summed E-state index contributed by atoms with van der Waals surface area (Å²) in [6.45, 7) is 1.94. The number of carboxylic acid groups (broad SMARTS) is 1. The van der Waals surface area contributed by atoms with Crippen LogP contribution in [0.2, 0.25) is 0 Å². The molecule has 2 rings (SSSR count). The Labute approximate surface area is 108 Å². The van der Waals surface area contributed by atoms with Crippen LogP contribution in [0.15, 0.2) is 41.3 Å². The summed E-state index contributed by atoms with van der Waals surface area (Å²) in [6.07, 6.45) is 1.60. The third-order valence-corrected chi connectivity index (χ3v) is 2.71. The number of carbonyl (C=O) groups is 1. The molecule has 0 saturated carbocycles. The first-order chi connectivity index (χ1) is 8.95. The number of benzene rings is 1. The van der Waals surface area contributed by atoms with Gasteiger partial charge in [-0.1, -0.05) is 0 Å². The third kappa shape index (κ3) is 3.07. The van der Waals surface area contributed by atoms with Crippen LogP contribution in [-0.2, 0) is 6.54 Å². The number of halogens is 1. The molecule has 1 N–H and O–H groups in total. The predicted octanol–water partition coefficient (Wildman–Crippen LogP) is 2.04. The number of aromatic carboxylic acids is 1. The number of hydrogen-bond acceptors (Lipinski definition) is 2. The van der Waals surface area contributed by atoms with Crippen molar-refractivity contribution in [1.82, 2.24) is 4.57 Å². The molecule has 4 nitrogen and oxygen atoms in total. The van der Waals surface area contributed by atoms with Crippen LogP contribution in [0.25, 0.3) is 0 Å². The van der Waals surface area contributed by atoms with Crippen LogP contribution < -0.4 is 5.56 Å². The van der Waals surface area contributed by atoms with Crippen LogP contribution in [0.5, 0.6) is 0 Å². The fourth-order valence-electron chi connectivity index (χ4n) is 1.80. The zero-order valence-electron chi connectivity index (χ0n) is 10.3. The van der Waals surface area contributed by atoms with Gasteiger partial charge in [0.15, 0.2) is 0 Å². The monoisotopic (exact) mass is 261 g/mol. The lowest BCUT2D eigenvalue weighted by molar-refractivity contribution is 0.0696. The van der Waals surface area contributed by atoms with E-state index in [-0.39, 0.29) is 17.7 Å². The Bertz CT molecular complexity index is 691. The van der Waals surface area contributed by atoms with E-state index in [0.29, 0.717) is 5.56 Å². The first kappa shape index (κ1) is 13.0. The summed E-state index contributed by atoms with van der Waals surface area (Å²) < 4.78 is 14.7. The van der Waals surface area contributed by atoms with Gasteiger partial charge >= 0.3 is 5.97 Å². The molecule has 0 saturated heterocycles. The summed E-state index contributed by atoms with van der Waals surface area (Å²) in [5.74, 6) is -1.83. The Kier molecular flexibility index (Phi) is 3.46. The second kappa shape index (κ2) is 5.06. The molecule has 2 aromatic rings. The molecule has 0 aliphatic rings. The van der Waals surface area contributed by atoms with Gasteiger partial charge in [0.25, 0.3) is 5.56 Å². The maximum absolute atomic E-state index is 13.3. The fraction of sp³-hybridized carbons (Fsp3) is 0.143. The van der Waals surface area contributed by atoms with Gasteiger partial charge in [-0.3, -0.25) is 4.79 Å². The van der Waals surface area contributed by atoms with Gasteiger partial charge in [-0.25, -0.2) is 9.18 Å². The number of pyridine rings is 1. The highest BCUT2D eigenvalue weighted by atomic mass is 19.1. The lowest BCUT2D eigenvalue weighted by Crippen LogP contribution is -2.19. The standard InChI is InChI=1S/C14H12FNO3/c1-9-2-3-16(13(17)4-9)8-10-5-11(14(18)19)7-12(15)6-10/h2-7H,8H2,1H3,(H,18,19). The van der Waals surface area contributed by atoms with Crippen molar-refractivity contribution in [2.75, 3.05) is 0 Å². The van der Waals surface area contributed by atoms with E-state index in [1.807, 2.05) is 0 Å². The predicted molar refractivity (Wildman–Crippen MR) is 67.9 cm³/mol. The highest BCUT2D eigenvalue weighted by Crippen LogP contribution is 2.10. The number of aromatic nitrogens is 1. The largest absolute Gasteiger partial charge is 0.478 e. The topological polar surface area (TPSA) is 59.3 Å². The minimum atomic E-state index is -1.20. The lowest BCUT2D eigenvalue weighted by Gasteiger charge is -2.07. The zero-order valence-corrected chi connectivity index (χ0v) is 10.3. The first-order valence-electron chi connectivity index (χ1n) is 5.65. The van der Waals surface area contributed by atoms with Crippen LogP contribution in [0.1, 0.15) is 21.5 Å². The molecule has 1 heterocycles. The summed E-state index contributed by atoms with van der Waals surface area (Å²) in [5, 5.41) is 8.86. The summed E-state index contributed by atoms with van der Waals surface area (Å²) in [6, 6.07) is 6.76. The highest BCUT2D eigenvalue weighted by Gasteiger charge is 2.08. The normalized spacial score (nSPS) is 10.4. The lowest BCUT2D eigenvalue weighted by atomic mass is 10.1. The van der Waals surface area contributed by atoms with Crippen LogP contribution in [0.3, 0.4) is 0 Å². The van der Waals surface area contributed by atoms with E-state index in [2.05, 4.69) is 0 Å². The van der Waals surface area contributed by atoms with Gasteiger partial charge in [-0.2, -0.15) is 0 Å². The molecular weight excluding hydrogens is 249 g/mol. The van der Waals surface area contributed by atoms with Crippen LogP contribution >= 0.6 is 0 Å². The average Bonchev–Trinajstić information content (AvgIpc) is 2.32. The molecule has 5 heteroatoms. The minimum absolute atomic E-state index is 0.129. The molecule has 0 atom stereocenters. The average molecular weight is 261 g/mol. The first-order valence-corrected chi connectivity index (χ1v) is 5.65. The summed E-state index contributed by atoms with van der Waals surface area (Å²) >= 11 is 0. The number of rotatable bonds is 3. The molecule has 0 spiro atoms. The molecule has 0 amide bonds. The Hall–Kier alpha value is -2.43. The molecule has 0 bridgehead atoms. The van der Waals surface area contributed by atoms with Gasteiger partial charge in [0.05, 0.1) is 12.1 Å². The van der Waals surface area contributed by atoms with E-state index in [0.717, 1.165) is 11.6 Å². The second-order valence-electron chi connectivity index (χ2n) is 4.32. The summed E-state index contributed by atoms with van der Waals surface area (Å²) in [5.41, 5.74) is 0.936. The van der Waals surface area contributed by atoms with Crippen molar-refractivity contribution in [2.45, 2.75) is 13.5 Å².